The molecule has 2 aromatic carbocycles. The van der Waals surface area contributed by atoms with Gasteiger partial charge < -0.3 is 19.1 Å². The van der Waals surface area contributed by atoms with Gasteiger partial charge >= 0.3 is 5.97 Å². The first-order valence-corrected chi connectivity index (χ1v) is 10.3. The number of carbonyl (C=O) groups is 2. The summed E-state index contributed by atoms with van der Waals surface area (Å²) in [5.74, 6) is 0.325. The van der Waals surface area contributed by atoms with Gasteiger partial charge in [0.1, 0.15) is 23.7 Å². The predicted molar refractivity (Wildman–Crippen MR) is 118 cm³/mol. The Balaban J connectivity index is 1.48. The largest absolute Gasteiger partial charge is 0.492 e. The van der Waals surface area contributed by atoms with Gasteiger partial charge in [-0.05, 0) is 48.5 Å². The first-order valence-electron chi connectivity index (χ1n) is 9.50. The van der Waals surface area contributed by atoms with Crippen molar-refractivity contribution in [2.75, 3.05) is 26.8 Å². The maximum atomic E-state index is 12.5. The summed E-state index contributed by atoms with van der Waals surface area (Å²) < 4.78 is 17.4. The summed E-state index contributed by atoms with van der Waals surface area (Å²) in [5, 5.41) is 0. The van der Waals surface area contributed by atoms with E-state index in [2.05, 4.69) is 20.9 Å². The fourth-order valence-corrected chi connectivity index (χ4v) is 2.76. The van der Waals surface area contributed by atoms with E-state index in [1.807, 2.05) is 42.5 Å². The number of amides is 1. The number of esters is 1. The predicted octanol–water partition coefficient (Wildman–Crippen LogP) is 4.33. The van der Waals surface area contributed by atoms with E-state index in [1.54, 1.807) is 25.2 Å². The number of hydrogen-bond donors (Lipinski definition) is 0. The van der Waals surface area contributed by atoms with E-state index in [1.165, 1.54) is 17.2 Å². The van der Waals surface area contributed by atoms with E-state index >= 15 is 0 Å². The summed E-state index contributed by atoms with van der Waals surface area (Å²) in [6, 6.07) is 19.5. The monoisotopic (exact) mass is 484 g/mol. The standard InChI is InChI=1S/C23H21BrN2O5/c1-26(14-15-29-18-11-9-17(24)10-12-18)21(27)16-30-23(28)20-8-5-13-25-22(20)31-19-6-3-2-4-7-19/h2-13H,14-16H2,1H3. The highest BCUT2D eigenvalue weighted by molar-refractivity contribution is 9.10. The second-order valence-corrected chi connectivity index (χ2v) is 7.38. The van der Waals surface area contributed by atoms with Crippen molar-refractivity contribution in [3.8, 4) is 17.4 Å². The lowest BCUT2D eigenvalue weighted by atomic mass is 10.2. The minimum absolute atomic E-state index is 0.113. The molecule has 0 spiro atoms. The van der Waals surface area contributed by atoms with Gasteiger partial charge in [-0.25, -0.2) is 9.78 Å². The van der Waals surface area contributed by atoms with Gasteiger partial charge in [0.2, 0.25) is 5.88 Å². The van der Waals surface area contributed by atoms with Gasteiger partial charge in [0.05, 0.1) is 6.54 Å². The van der Waals surface area contributed by atoms with Crippen LogP contribution in [0.25, 0.3) is 0 Å². The molecule has 160 valence electrons. The van der Waals surface area contributed by atoms with Gasteiger partial charge in [-0.1, -0.05) is 34.1 Å². The quantitative estimate of drug-likeness (QED) is 0.420. The molecule has 0 unspecified atom stereocenters. The zero-order valence-electron chi connectivity index (χ0n) is 16.9. The van der Waals surface area contributed by atoms with E-state index < -0.39 is 12.6 Å². The molecule has 3 rings (SSSR count). The smallest absolute Gasteiger partial charge is 0.344 e. The summed E-state index contributed by atoms with van der Waals surface area (Å²) in [5.41, 5.74) is 0.139. The van der Waals surface area contributed by atoms with Crippen molar-refractivity contribution in [2.45, 2.75) is 0 Å². The zero-order valence-corrected chi connectivity index (χ0v) is 18.4. The van der Waals surface area contributed by atoms with Gasteiger partial charge in [0.25, 0.3) is 5.91 Å². The third kappa shape index (κ3) is 6.82. The van der Waals surface area contributed by atoms with Gasteiger partial charge in [0, 0.05) is 17.7 Å². The molecule has 31 heavy (non-hydrogen) atoms. The number of rotatable bonds is 9. The van der Waals surface area contributed by atoms with E-state index in [-0.39, 0.29) is 17.4 Å². The van der Waals surface area contributed by atoms with Crippen LogP contribution in [0.4, 0.5) is 0 Å². The Morgan fingerprint density at radius 1 is 0.968 bits per heavy atom. The Kier molecular flexibility index (Phi) is 8.00. The topological polar surface area (TPSA) is 78.0 Å². The molecule has 1 aromatic heterocycles. The van der Waals surface area contributed by atoms with Crippen LogP contribution >= 0.6 is 15.9 Å². The van der Waals surface area contributed by atoms with Gasteiger partial charge in [-0.2, -0.15) is 0 Å². The van der Waals surface area contributed by atoms with Crippen LogP contribution in [0.15, 0.2) is 77.4 Å². The van der Waals surface area contributed by atoms with Gasteiger partial charge in [-0.15, -0.1) is 0 Å². The molecule has 1 heterocycles. The molecule has 0 N–H and O–H groups in total. The highest BCUT2D eigenvalue weighted by atomic mass is 79.9. The molecule has 0 saturated carbocycles. The van der Waals surface area contributed by atoms with Crippen molar-refractivity contribution in [1.29, 1.82) is 0 Å². The molecule has 0 saturated heterocycles. The maximum Gasteiger partial charge on any atom is 0.344 e. The van der Waals surface area contributed by atoms with Crippen molar-refractivity contribution in [3.63, 3.8) is 0 Å². The summed E-state index contributed by atoms with van der Waals surface area (Å²) in [4.78, 5) is 30.3. The van der Waals surface area contributed by atoms with Crippen molar-refractivity contribution in [2.24, 2.45) is 0 Å². The summed E-state index contributed by atoms with van der Waals surface area (Å²) in [7, 11) is 1.62. The van der Waals surface area contributed by atoms with Crippen LogP contribution in [0, 0.1) is 0 Å². The number of nitrogens with zero attached hydrogens (tertiary/aromatic N) is 2. The molecule has 7 nitrogen and oxygen atoms in total. The molecule has 8 heteroatoms. The molecule has 1 amide bonds. The summed E-state index contributed by atoms with van der Waals surface area (Å²) in [6.45, 7) is 0.268. The van der Waals surface area contributed by atoms with Crippen LogP contribution in [0.1, 0.15) is 10.4 Å². The Morgan fingerprint density at radius 3 is 2.45 bits per heavy atom. The number of carbonyl (C=O) groups excluding carboxylic acids is 2. The zero-order chi connectivity index (χ0) is 22.1. The van der Waals surface area contributed by atoms with Crippen LogP contribution in [-0.4, -0.2) is 48.6 Å². The first-order chi connectivity index (χ1) is 15.0. The molecule has 0 fully saturated rings. The van der Waals surface area contributed by atoms with Crippen LogP contribution in [-0.2, 0) is 9.53 Å². The Labute approximate surface area is 188 Å². The summed E-state index contributed by atoms with van der Waals surface area (Å²) >= 11 is 3.36. The number of ether oxygens (including phenoxy) is 3. The summed E-state index contributed by atoms with van der Waals surface area (Å²) in [6.07, 6.45) is 1.51. The van der Waals surface area contributed by atoms with E-state index in [0.29, 0.717) is 24.7 Å². The molecule has 0 atom stereocenters. The van der Waals surface area contributed by atoms with Crippen molar-refractivity contribution >= 4 is 27.8 Å². The fourth-order valence-electron chi connectivity index (χ4n) is 2.50. The SMILES string of the molecule is CN(CCOc1ccc(Br)cc1)C(=O)COC(=O)c1cccnc1Oc1ccccc1. The average molecular weight is 485 g/mol. The molecular weight excluding hydrogens is 464 g/mol. The molecule has 0 aliphatic carbocycles. The highest BCUT2D eigenvalue weighted by Crippen LogP contribution is 2.23. The number of halogens is 1. The lowest BCUT2D eigenvalue weighted by Gasteiger charge is -2.17. The van der Waals surface area contributed by atoms with Crippen molar-refractivity contribution < 1.29 is 23.8 Å². The van der Waals surface area contributed by atoms with E-state index in [0.717, 1.165) is 4.47 Å². The molecule has 0 aliphatic heterocycles. The number of hydrogen-bond acceptors (Lipinski definition) is 6. The number of para-hydroxylation sites is 1. The van der Waals surface area contributed by atoms with E-state index in [4.69, 9.17) is 14.2 Å². The number of benzene rings is 2. The second kappa shape index (κ2) is 11.1. The van der Waals surface area contributed by atoms with Crippen LogP contribution < -0.4 is 9.47 Å². The highest BCUT2D eigenvalue weighted by Gasteiger charge is 2.18. The van der Waals surface area contributed by atoms with Crippen molar-refractivity contribution in [3.05, 3.63) is 83.0 Å². The molecule has 0 bridgehead atoms. The van der Waals surface area contributed by atoms with Gasteiger partial charge in [0.15, 0.2) is 6.61 Å². The fraction of sp³-hybridized carbons (Fsp3) is 0.174. The maximum absolute atomic E-state index is 12.5. The minimum Gasteiger partial charge on any atom is -0.492 e. The number of aromatic nitrogens is 1. The molecule has 0 radical (unpaired) electrons. The third-order valence-corrected chi connectivity index (χ3v) is 4.74. The minimum atomic E-state index is -0.688. The third-order valence-electron chi connectivity index (χ3n) is 4.21. The Morgan fingerprint density at radius 2 is 1.71 bits per heavy atom. The number of pyridine rings is 1. The lowest BCUT2D eigenvalue weighted by Crippen LogP contribution is -2.34. The molecular formula is C23H21BrN2O5. The van der Waals surface area contributed by atoms with Gasteiger partial charge in [-0.3, -0.25) is 4.79 Å². The first kappa shape index (κ1) is 22.3. The lowest BCUT2D eigenvalue weighted by molar-refractivity contribution is -0.133. The van der Waals surface area contributed by atoms with E-state index in [9.17, 15) is 9.59 Å². The molecule has 3 aromatic rings. The average Bonchev–Trinajstić information content (AvgIpc) is 2.79. The van der Waals surface area contributed by atoms with Crippen LogP contribution in [0.5, 0.6) is 17.4 Å². The second-order valence-electron chi connectivity index (χ2n) is 6.47. The Hall–Kier alpha value is -3.39. The number of likely N-dealkylation sites (N-methyl/N-ethyl adjacent to an activating group) is 1. The van der Waals surface area contributed by atoms with Crippen LogP contribution in [0.2, 0.25) is 0 Å². The Bertz CT molecular complexity index is 1010. The van der Waals surface area contributed by atoms with Crippen LogP contribution in [0.3, 0.4) is 0 Å². The normalized spacial score (nSPS) is 10.3. The van der Waals surface area contributed by atoms with Crippen molar-refractivity contribution in [1.82, 2.24) is 9.88 Å². The molecule has 0 aliphatic rings.